The van der Waals surface area contributed by atoms with Crippen LogP contribution in [-0.2, 0) is 0 Å². The van der Waals surface area contributed by atoms with Crippen LogP contribution in [-0.4, -0.2) is 11.7 Å². The van der Waals surface area contributed by atoms with Gasteiger partial charge in [0.05, 0.1) is 6.10 Å². The van der Waals surface area contributed by atoms with E-state index in [1.165, 1.54) is 12.1 Å². The molecule has 0 bridgehead atoms. The predicted molar refractivity (Wildman–Crippen MR) is 75.1 cm³/mol. The van der Waals surface area contributed by atoms with Crippen LogP contribution in [0.2, 0.25) is 0 Å². The Morgan fingerprint density at radius 1 is 1.10 bits per heavy atom. The highest BCUT2D eigenvalue weighted by atomic mass is 19.1. The zero-order chi connectivity index (χ0) is 15.0. The van der Waals surface area contributed by atoms with Crippen molar-refractivity contribution in [3.05, 3.63) is 35.4 Å². The summed E-state index contributed by atoms with van der Waals surface area (Å²) in [6.07, 6.45) is 2.54. The van der Waals surface area contributed by atoms with Gasteiger partial charge in [0.15, 0.2) is 0 Å². The Morgan fingerprint density at radius 2 is 1.60 bits per heavy atom. The van der Waals surface area contributed by atoms with Gasteiger partial charge in [-0.2, -0.15) is 0 Å². The van der Waals surface area contributed by atoms with Gasteiger partial charge < -0.3 is 10.8 Å². The summed E-state index contributed by atoms with van der Waals surface area (Å²) in [5.74, 6) is -1.33. The second kappa shape index (κ2) is 5.41. The van der Waals surface area contributed by atoms with Gasteiger partial charge in [0.1, 0.15) is 11.6 Å². The van der Waals surface area contributed by atoms with E-state index in [0.717, 1.165) is 31.7 Å². The Balaban J connectivity index is 2.27. The zero-order valence-corrected chi connectivity index (χ0v) is 12.1. The van der Waals surface area contributed by atoms with Gasteiger partial charge >= 0.3 is 0 Å². The lowest BCUT2D eigenvalue weighted by molar-refractivity contribution is -0.0238. The van der Waals surface area contributed by atoms with E-state index in [-0.39, 0.29) is 11.0 Å². The molecule has 2 nitrogen and oxygen atoms in total. The number of benzene rings is 1. The maximum atomic E-state index is 13.3. The highest BCUT2D eigenvalue weighted by molar-refractivity contribution is 5.22. The summed E-state index contributed by atoms with van der Waals surface area (Å²) in [4.78, 5) is 0. The first-order valence-electron chi connectivity index (χ1n) is 7.12. The minimum absolute atomic E-state index is 0.242. The van der Waals surface area contributed by atoms with Crippen molar-refractivity contribution in [3.63, 3.8) is 0 Å². The predicted octanol–water partition coefficient (Wildman–Crippen LogP) is 3.54. The summed E-state index contributed by atoms with van der Waals surface area (Å²) in [5.41, 5.74) is 5.94. The van der Waals surface area contributed by atoms with Crippen molar-refractivity contribution in [2.75, 3.05) is 6.54 Å². The maximum absolute atomic E-state index is 13.3. The number of halogens is 2. The van der Waals surface area contributed by atoms with Crippen molar-refractivity contribution >= 4 is 0 Å². The summed E-state index contributed by atoms with van der Waals surface area (Å²) in [6.45, 7) is 4.71. The molecule has 1 atom stereocenters. The fraction of sp³-hybridized carbons (Fsp3) is 0.625. The molecule has 1 aromatic carbocycles. The third-order valence-electron chi connectivity index (χ3n) is 4.79. The minimum Gasteiger partial charge on any atom is -0.388 e. The molecule has 0 heterocycles. The first-order valence-corrected chi connectivity index (χ1v) is 7.12. The molecular weight excluding hydrogens is 260 g/mol. The van der Waals surface area contributed by atoms with E-state index in [1.54, 1.807) is 0 Å². The van der Waals surface area contributed by atoms with Crippen LogP contribution in [0, 0.1) is 22.5 Å². The molecular formula is C16H23F2NO. The summed E-state index contributed by atoms with van der Waals surface area (Å²) < 4.78 is 26.6. The zero-order valence-electron chi connectivity index (χ0n) is 12.1. The van der Waals surface area contributed by atoms with Gasteiger partial charge in [-0.25, -0.2) is 8.78 Å². The second-order valence-electron chi connectivity index (χ2n) is 6.84. The Hall–Kier alpha value is -1.00. The molecule has 1 unspecified atom stereocenters. The van der Waals surface area contributed by atoms with Gasteiger partial charge in [-0.15, -0.1) is 0 Å². The van der Waals surface area contributed by atoms with Gasteiger partial charge in [0.25, 0.3) is 0 Å². The third kappa shape index (κ3) is 3.01. The van der Waals surface area contributed by atoms with Crippen LogP contribution in [0.5, 0.6) is 0 Å². The minimum atomic E-state index is -0.922. The van der Waals surface area contributed by atoms with Crippen LogP contribution in [0.25, 0.3) is 0 Å². The first kappa shape index (κ1) is 15.4. The molecule has 0 aliphatic heterocycles. The van der Waals surface area contributed by atoms with Crippen molar-refractivity contribution in [1.82, 2.24) is 0 Å². The fourth-order valence-corrected chi connectivity index (χ4v) is 3.10. The largest absolute Gasteiger partial charge is 0.388 e. The van der Waals surface area contributed by atoms with Crippen LogP contribution in [0.3, 0.4) is 0 Å². The van der Waals surface area contributed by atoms with Crippen LogP contribution >= 0.6 is 0 Å². The molecule has 112 valence electrons. The lowest BCUT2D eigenvalue weighted by Gasteiger charge is -2.45. The number of nitrogens with two attached hydrogens (primary N) is 1. The lowest BCUT2D eigenvalue weighted by atomic mass is 9.62. The average molecular weight is 283 g/mol. The quantitative estimate of drug-likeness (QED) is 0.891. The summed E-state index contributed by atoms with van der Waals surface area (Å²) in [6, 6.07) is 3.21. The maximum Gasteiger partial charge on any atom is 0.126 e. The van der Waals surface area contributed by atoms with Gasteiger partial charge in [-0.05, 0) is 48.8 Å². The molecule has 1 fully saturated rings. The van der Waals surface area contributed by atoms with Crippen molar-refractivity contribution in [2.45, 2.75) is 45.6 Å². The Bertz CT molecular complexity index is 457. The second-order valence-corrected chi connectivity index (χ2v) is 6.84. The van der Waals surface area contributed by atoms with Crippen LogP contribution in [0.15, 0.2) is 18.2 Å². The SMILES string of the molecule is CC1(C)CCC(CN)(C(O)c2cc(F)cc(F)c2)CC1. The van der Waals surface area contributed by atoms with E-state index < -0.39 is 23.2 Å². The first-order chi connectivity index (χ1) is 9.28. The molecule has 0 radical (unpaired) electrons. The van der Waals surface area contributed by atoms with E-state index in [9.17, 15) is 13.9 Å². The normalized spacial score (nSPS) is 22.5. The Labute approximate surface area is 119 Å². The molecule has 1 aliphatic carbocycles. The van der Waals surface area contributed by atoms with Crippen LogP contribution in [0.1, 0.15) is 51.2 Å². The number of aliphatic hydroxyl groups is 1. The van der Waals surface area contributed by atoms with E-state index in [2.05, 4.69) is 13.8 Å². The summed E-state index contributed by atoms with van der Waals surface area (Å²) in [5, 5.41) is 10.6. The monoisotopic (exact) mass is 283 g/mol. The molecule has 1 aliphatic rings. The molecule has 0 spiro atoms. The number of hydrogen-bond acceptors (Lipinski definition) is 2. The standard InChI is InChI=1S/C16H23F2NO/c1-15(2)3-5-16(10-19,6-4-15)14(20)11-7-12(17)9-13(18)8-11/h7-9,14,20H,3-6,10,19H2,1-2H3. The number of rotatable bonds is 3. The number of hydrogen-bond donors (Lipinski definition) is 2. The molecule has 0 saturated heterocycles. The fourth-order valence-electron chi connectivity index (χ4n) is 3.10. The van der Waals surface area contributed by atoms with Crippen molar-refractivity contribution in [1.29, 1.82) is 0 Å². The van der Waals surface area contributed by atoms with Gasteiger partial charge in [-0.1, -0.05) is 13.8 Å². The number of aliphatic hydroxyl groups excluding tert-OH is 1. The topological polar surface area (TPSA) is 46.2 Å². The highest BCUT2D eigenvalue weighted by Crippen LogP contribution is 2.50. The molecule has 0 aromatic heterocycles. The average Bonchev–Trinajstić information content (AvgIpc) is 2.37. The molecule has 0 amide bonds. The summed E-state index contributed by atoms with van der Waals surface area (Å²) in [7, 11) is 0. The van der Waals surface area contributed by atoms with Gasteiger partial charge in [0, 0.05) is 18.0 Å². The molecule has 1 saturated carbocycles. The third-order valence-corrected chi connectivity index (χ3v) is 4.79. The van der Waals surface area contributed by atoms with Crippen LogP contribution in [0.4, 0.5) is 8.78 Å². The van der Waals surface area contributed by atoms with E-state index in [4.69, 9.17) is 5.73 Å². The van der Waals surface area contributed by atoms with Gasteiger partial charge in [-0.3, -0.25) is 0 Å². The highest BCUT2D eigenvalue weighted by Gasteiger charge is 2.43. The molecule has 1 aromatic rings. The Morgan fingerprint density at radius 3 is 2.05 bits per heavy atom. The van der Waals surface area contributed by atoms with Crippen LogP contribution < -0.4 is 5.73 Å². The van der Waals surface area contributed by atoms with E-state index in [0.29, 0.717) is 6.54 Å². The van der Waals surface area contributed by atoms with Crippen molar-refractivity contribution < 1.29 is 13.9 Å². The molecule has 20 heavy (non-hydrogen) atoms. The Kier molecular flexibility index (Phi) is 4.17. The molecule has 2 rings (SSSR count). The summed E-state index contributed by atoms with van der Waals surface area (Å²) >= 11 is 0. The van der Waals surface area contributed by atoms with Crippen molar-refractivity contribution in [3.8, 4) is 0 Å². The van der Waals surface area contributed by atoms with Crippen molar-refractivity contribution in [2.24, 2.45) is 16.6 Å². The lowest BCUT2D eigenvalue weighted by Crippen LogP contribution is -2.42. The molecule has 4 heteroatoms. The smallest absolute Gasteiger partial charge is 0.126 e. The van der Waals surface area contributed by atoms with E-state index >= 15 is 0 Å². The van der Waals surface area contributed by atoms with E-state index in [1.807, 2.05) is 0 Å². The molecule has 3 N–H and O–H groups in total. The van der Waals surface area contributed by atoms with Gasteiger partial charge in [0.2, 0.25) is 0 Å².